The predicted octanol–water partition coefficient (Wildman–Crippen LogP) is 1.95. The van der Waals surface area contributed by atoms with Gasteiger partial charge in [0.1, 0.15) is 0 Å². The second-order valence-corrected chi connectivity index (χ2v) is 6.29. The molecule has 3 nitrogen and oxygen atoms in total. The minimum atomic E-state index is -0.130. The molecule has 1 fully saturated rings. The Hall–Kier alpha value is -1.09. The van der Waals surface area contributed by atoms with Gasteiger partial charge >= 0.3 is 0 Å². The van der Waals surface area contributed by atoms with Gasteiger partial charge < -0.3 is 10.8 Å². The minimum Gasteiger partial charge on any atom is -0.398 e. The van der Waals surface area contributed by atoms with E-state index >= 15 is 0 Å². The van der Waals surface area contributed by atoms with E-state index in [2.05, 4.69) is 0 Å². The van der Waals surface area contributed by atoms with Crippen LogP contribution in [0.3, 0.4) is 0 Å². The number of nitrogens with zero attached hydrogens (tertiary/aromatic N) is 1. The second kappa shape index (κ2) is 3.70. The molecule has 0 aromatic carbocycles. The van der Waals surface area contributed by atoms with E-state index in [1.807, 2.05) is 0 Å². The highest BCUT2D eigenvalue weighted by molar-refractivity contribution is 5.61. The van der Waals surface area contributed by atoms with E-state index in [1.54, 1.807) is 0 Å². The van der Waals surface area contributed by atoms with Crippen molar-refractivity contribution in [3.8, 4) is 0 Å². The van der Waals surface area contributed by atoms with Crippen molar-refractivity contribution in [2.75, 3.05) is 5.73 Å². The van der Waals surface area contributed by atoms with Gasteiger partial charge in [-0.2, -0.15) is 0 Å². The Morgan fingerprint density at radius 1 is 1.11 bits per heavy atom. The molecule has 0 spiro atoms. The van der Waals surface area contributed by atoms with Crippen molar-refractivity contribution in [3.05, 3.63) is 22.5 Å². The summed E-state index contributed by atoms with van der Waals surface area (Å²) in [6.45, 7) is 0. The maximum absolute atomic E-state index is 9.96. The number of rotatable bonds is 0. The zero-order valence-electron chi connectivity index (χ0n) is 10.7. The molecule has 4 rings (SSSR count). The molecule has 3 aliphatic carbocycles. The van der Waals surface area contributed by atoms with Gasteiger partial charge in [0.15, 0.2) is 0 Å². The number of nitrogen functional groups attached to an aromatic ring is 1. The molecule has 1 heterocycles. The number of anilines is 1. The Bertz CT molecular complexity index is 512. The molecule has 0 saturated heterocycles. The number of nitrogens with two attached hydrogens (primary N) is 1. The molecule has 3 heteroatoms. The van der Waals surface area contributed by atoms with E-state index in [-0.39, 0.29) is 6.10 Å². The molecule has 1 aromatic heterocycles. The Morgan fingerprint density at radius 2 is 2.00 bits per heavy atom. The molecule has 0 aliphatic heterocycles. The van der Waals surface area contributed by atoms with Gasteiger partial charge in [-0.05, 0) is 62.3 Å². The molecule has 18 heavy (non-hydrogen) atoms. The van der Waals surface area contributed by atoms with Crippen LogP contribution in [0.25, 0.3) is 0 Å². The Kier molecular flexibility index (Phi) is 2.22. The SMILES string of the molecule is Nc1c2c(nc3c1C1CC(O)CC(C3)C1)CCC2. The van der Waals surface area contributed by atoms with Crippen LogP contribution in [0.2, 0.25) is 0 Å². The summed E-state index contributed by atoms with van der Waals surface area (Å²) in [4.78, 5) is 4.90. The van der Waals surface area contributed by atoms with Crippen LogP contribution < -0.4 is 5.73 Å². The number of aliphatic hydroxyl groups excluding tert-OH is 1. The van der Waals surface area contributed by atoms with Crippen molar-refractivity contribution < 1.29 is 5.11 Å². The van der Waals surface area contributed by atoms with Crippen molar-refractivity contribution in [2.24, 2.45) is 5.92 Å². The number of aliphatic hydroxyl groups is 1. The molecule has 0 amide bonds. The van der Waals surface area contributed by atoms with Gasteiger partial charge in [0.25, 0.3) is 0 Å². The fourth-order valence-corrected chi connectivity index (χ4v) is 4.37. The molecule has 3 atom stereocenters. The Labute approximate surface area is 107 Å². The summed E-state index contributed by atoms with van der Waals surface area (Å²) in [5, 5.41) is 9.96. The number of pyridine rings is 1. The van der Waals surface area contributed by atoms with E-state index in [4.69, 9.17) is 10.7 Å². The van der Waals surface area contributed by atoms with Crippen molar-refractivity contribution in [1.82, 2.24) is 4.98 Å². The van der Waals surface area contributed by atoms with Crippen LogP contribution >= 0.6 is 0 Å². The highest BCUT2D eigenvalue weighted by Gasteiger charge is 2.37. The monoisotopic (exact) mass is 244 g/mol. The van der Waals surface area contributed by atoms with Crippen LogP contribution in [0.15, 0.2) is 0 Å². The molecule has 3 unspecified atom stereocenters. The molecule has 96 valence electrons. The van der Waals surface area contributed by atoms with Crippen molar-refractivity contribution >= 4 is 5.69 Å². The van der Waals surface area contributed by atoms with E-state index in [1.165, 1.54) is 35.4 Å². The van der Waals surface area contributed by atoms with E-state index < -0.39 is 0 Å². The highest BCUT2D eigenvalue weighted by Crippen LogP contribution is 2.47. The topological polar surface area (TPSA) is 59.1 Å². The zero-order chi connectivity index (χ0) is 12.3. The van der Waals surface area contributed by atoms with Gasteiger partial charge in [-0.1, -0.05) is 0 Å². The van der Waals surface area contributed by atoms with Crippen molar-refractivity contribution in [3.63, 3.8) is 0 Å². The van der Waals surface area contributed by atoms with E-state index in [0.29, 0.717) is 11.8 Å². The molecular formula is C15H20N2O. The summed E-state index contributed by atoms with van der Waals surface area (Å²) in [7, 11) is 0. The predicted molar refractivity (Wildman–Crippen MR) is 70.5 cm³/mol. The van der Waals surface area contributed by atoms with Crippen LogP contribution in [0.1, 0.15) is 54.1 Å². The van der Waals surface area contributed by atoms with E-state index in [9.17, 15) is 5.11 Å². The average Bonchev–Trinajstić information content (AvgIpc) is 2.76. The minimum absolute atomic E-state index is 0.130. The molecular weight excluding hydrogens is 224 g/mol. The summed E-state index contributed by atoms with van der Waals surface area (Å²) in [6, 6.07) is 0. The lowest BCUT2D eigenvalue weighted by Gasteiger charge is -2.39. The highest BCUT2D eigenvalue weighted by atomic mass is 16.3. The molecule has 3 aliphatic rings. The van der Waals surface area contributed by atoms with Crippen LogP contribution in [0, 0.1) is 5.92 Å². The normalized spacial score (nSPS) is 33.1. The van der Waals surface area contributed by atoms with Gasteiger partial charge in [-0.15, -0.1) is 0 Å². The molecule has 0 radical (unpaired) electrons. The molecule has 3 N–H and O–H groups in total. The lowest BCUT2D eigenvalue weighted by Crippen LogP contribution is -2.32. The number of aryl methyl sites for hydroxylation is 1. The lowest BCUT2D eigenvalue weighted by atomic mass is 9.69. The van der Waals surface area contributed by atoms with Crippen LogP contribution in [-0.4, -0.2) is 16.2 Å². The number of fused-ring (bicyclic) bond motifs is 5. The first-order chi connectivity index (χ1) is 8.72. The second-order valence-electron chi connectivity index (χ2n) is 6.29. The Morgan fingerprint density at radius 3 is 2.89 bits per heavy atom. The summed E-state index contributed by atoms with van der Waals surface area (Å²) < 4.78 is 0. The first kappa shape index (κ1) is 10.8. The third-order valence-electron chi connectivity index (χ3n) is 5.05. The summed E-state index contributed by atoms with van der Waals surface area (Å²) in [6.07, 6.45) is 7.34. The van der Waals surface area contributed by atoms with Gasteiger partial charge in [0, 0.05) is 22.6 Å². The maximum Gasteiger partial charge on any atom is 0.0548 e. The third kappa shape index (κ3) is 1.43. The fraction of sp³-hybridized carbons (Fsp3) is 0.667. The largest absolute Gasteiger partial charge is 0.398 e. The number of aromatic nitrogens is 1. The lowest BCUT2D eigenvalue weighted by molar-refractivity contribution is 0.0832. The number of hydrogen-bond acceptors (Lipinski definition) is 3. The van der Waals surface area contributed by atoms with Gasteiger partial charge in [-0.3, -0.25) is 4.98 Å². The smallest absolute Gasteiger partial charge is 0.0548 e. The van der Waals surface area contributed by atoms with Crippen molar-refractivity contribution in [2.45, 2.75) is 57.0 Å². The standard InChI is InChI=1S/C15H20N2O/c16-15-11-2-1-3-12(11)17-13-6-8-4-9(14(13)15)7-10(18)5-8/h8-10,18H,1-7H2,(H2,16,17). The first-order valence-electron chi connectivity index (χ1n) is 7.20. The molecule has 2 bridgehead atoms. The van der Waals surface area contributed by atoms with Crippen LogP contribution in [0.5, 0.6) is 0 Å². The first-order valence-corrected chi connectivity index (χ1v) is 7.20. The summed E-state index contributed by atoms with van der Waals surface area (Å²) in [5.41, 5.74) is 12.6. The van der Waals surface area contributed by atoms with Gasteiger partial charge in [0.2, 0.25) is 0 Å². The summed E-state index contributed by atoms with van der Waals surface area (Å²) >= 11 is 0. The van der Waals surface area contributed by atoms with E-state index in [0.717, 1.165) is 37.8 Å². The van der Waals surface area contributed by atoms with Gasteiger partial charge in [0.05, 0.1) is 6.10 Å². The fourth-order valence-electron chi connectivity index (χ4n) is 4.37. The molecule has 1 aromatic rings. The van der Waals surface area contributed by atoms with Crippen LogP contribution in [-0.2, 0) is 19.3 Å². The third-order valence-corrected chi connectivity index (χ3v) is 5.05. The zero-order valence-corrected chi connectivity index (χ0v) is 10.7. The average molecular weight is 244 g/mol. The quantitative estimate of drug-likeness (QED) is 0.733. The molecule has 1 saturated carbocycles. The van der Waals surface area contributed by atoms with Gasteiger partial charge in [-0.25, -0.2) is 0 Å². The van der Waals surface area contributed by atoms with Crippen LogP contribution in [0.4, 0.5) is 5.69 Å². The van der Waals surface area contributed by atoms with Crippen molar-refractivity contribution in [1.29, 1.82) is 0 Å². The maximum atomic E-state index is 9.96. The Balaban J connectivity index is 1.87. The number of hydrogen-bond donors (Lipinski definition) is 2. The summed E-state index contributed by atoms with van der Waals surface area (Å²) in [5.74, 6) is 1.08.